The third-order valence-electron chi connectivity index (χ3n) is 5.74. The summed E-state index contributed by atoms with van der Waals surface area (Å²) in [6.45, 7) is 3.17. The summed E-state index contributed by atoms with van der Waals surface area (Å²) in [6, 6.07) is 17.6. The smallest absolute Gasteiger partial charge is 0.355 e. The summed E-state index contributed by atoms with van der Waals surface area (Å²) in [6.07, 6.45) is -2.65. The van der Waals surface area contributed by atoms with Crippen LogP contribution in [0.5, 0.6) is 0 Å². The molecule has 1 aromatic heterocycles. The van der Waals surface area contributed by atoms with Gasteiger partial charge in [0.15, 0.2) is 0 Å². The van der Waals surface area contributed by atoms with Gasteiger partial charge in [0.2, 0.25) is 0 Å². The predicted molar refractivity (Wildman–Crippen MR) is 119 cm³/mol. The van der Waals surface area contributed by atoms with Crippen LogP contribution in [0.25, 0.3) is 11.3 Å². The van der Waals surface area contributed by atoms with Gasteiger partial charge in [-0.05, 0) is 60.4 Å². The Kier molecular flexibility index (Phi) is 6.15. The highest BCUT2D eigenvalue weighted by atomic mass is 19.4. The van der Waals surface area contributed by atoms with Crippen LogP contribution in [0.4, 0.5) is 24.5 Å². The number of benzene rings is 2. The number of rotatable bonds is 5. The molecule has 0 bridgehead atoms. The molecule has 2 heterocycles. The number of aromatic nitrogens is 1. The third kappa shape index (κ3) is 5.09. The van der Waals surface area contributed by atoms with Gasteiger partial charge in [-0.2, -0.15) is 18.4 Å². The standard InChI is InChI=1S/C25H23F3N4/c1-17-5-7-20(13-22(17)23-8-6-18(14-29)15-30-23)31-24-4-2-3-19-16-32(11-9-21(19)24)12-10-25(26,27)28/h2-8,13,15,31H,9-12,16H2,1H3. The molecule has 0 fully saturated rings. The minimum Gasteiger partial charge on any atom is -0.355 e. The Labute approximate surface area is 185 Å². The van der Waals surface area contributed by atoms with Crippen molar-refractivity contribution < 1.29 is 13.2 Å². The summed E-state index contributed by atoms with van der Waals surface area (Å²) in [4.78, 5) is 6.27. The van der Waals surface area contributed by atoms with Gasteiger partial charge in [0.25, 0.3) is 0 Å². The minimum absolute atomic E-state index is 0.0273. The molecule has 0 radical (unpaired) electrons. The Bertz CT molecular complexity index is 1150. The van der Waals surface area contributed by atoms with Crippen LogP contribution in [0.2, 0.25) is 0 Å². The van der Waals surface area contributed by atoms with E-state index in [0.717, 1.165) is 39.3 Å². The van der Waals surface area contributed by atoms with E-state index in [2.05, 4.69) is 16.4 Å². The zero-order valence-electron chi connectivity index (χ0n) is 17.7. The second-order valence-corrected chi connectivity index (χ2v) is 8.03. The van der Waals surface area contributed by atoms with Gasteiger partial charge in [-0.25, -0.2) is 0 Å². The number of alkyl halides is 3. The number of hydrogen-bond donors (Lipinski definition) is 1. The Morgan fingerprint density at radius 1 is 1.16 bits per heavy atom. The molecule has 32 heavy (non-hydrogen) atoms. The van der Waals surface area contributed by atoms with Crippen molar-refractivity contribution in [1.29, 1.82) is 5.26 Å². The van der Waals surface area contributed by atoms with Crippen molar-refractivity contribution in [3.05, 3.63) is 77.0 Å². The average molecular weight is 436 g/mol. The normalized spacial score (nSPS) is 14.0. The Balaban J connectivity index is 1.54. The van der Waals surface area contributed by atoms with Crippen molar-refractivity contribution in [1.82, 2.24) is 9.88 Å². The number of aryl methyl sites for hydroxylation is 1. The van der Waals surface area contributed by atoms with Crippen LogP contribution < -0.4 is 5.32 Å². The Morgan fingerprint density at radius 2 is 2.00 bits per heavy atom. The maximum Gasteiger partial charge on any atom is 0.390 e. The Hall–Kier alpha value is -3.37. The molecule has 0 atom stereocenters. The number of halogens is 3. The van der Waals surface area contributed by atoms with Crippen molar-refractivity contribution in [2.24, 2.45) is 0 Å². The molecule has 0 amide bonds. The van der Waals surface area contributed by atoms with Crippen molar-refractivity contribution in [2.75, 3.05) is 18.4 Å². The third-order valence-corrected chi connectivity index (χ3v) is 5.74. The summed E-state index contributed by atoms with van der Waals surface area (Å²) in [5, 5.41) is 12.5. The van der Waals surface area contributed by atoms with Gasteiger partial charge in [0.05, 0.1) is 17.7 Å². The van der Waals surface area contributed by atoms with E-state index in [9.17, 15) is 13.2 Å². The van der Waals surface area contributed by atoms with Gasteiger partial charge in [-0.15, -0.1) is 0 Å². The highest BCUT2D eigenvalue weighted by Crippen LogP contribution is 2.32. The largest absolute Gasteiger partial charge is 0.390 e. The number of nitrogens with zero attached hydrogens (tertiary/aromatic N) is 3. The molecule has 1 aliphatic heterocycles. The lowest BCUT2D eigenvalue weighted by molar-refractivity contribution is -0.138. The van der Waals surface area contributed by atoms with E-state index in [1.165, 1.54) is 0 Å². The first-order chi connectivity index (χ1) is 15.3. The van der Waals surface area contributed by atoms with Gasteiger partial charge in [-0.3, -0.25) is 9.88 Å². The Morgan fingerprint density at radius 3 is 2.72 bits per heavy atom. The molecule has 0 spiro atoms. The van der Waals surface area contributed by atoms with Crippen LogP contribution in [0.3, 0.4) is 0 Å². The highest BCUT2D eigenvalue weighted by Gasteiger charge is 2.29. The van der Waals surface area contributed by atoms with E-state index in [1.54, 1.807) is 12.3 Å². The zero-order chi connectivity index (χ0) is 22.7. The quantitative estimate of drug-likeness (QED) is 0.534. The summed E-state index contributed by atoms with van der Waals surface area (Å²) in [5.41, 5.74) is 7.44. The lowest BCUT2D eigenvalue weighted by atomic mass is 9.97. The van der Waals surface area contributed by atoms with Crippen molar-refractivity contribution in [3.8, 4) is 17.3 Å². The molecule has 0 unspecified atom stereocenters. The molecule has 4 nitrogen and oxygen atoms in total. The summed E-state index contributed by atoms with van der Waals surface area (Å²) in [5.74, 6) is 0. The van der Waals surface area contributed by atoms with E-state index in [0.29, 0.717) is 25.1 Å². The number of anilines is 2. The van der Waals surface area contributed by atoms with Crippen LogP contribution >= 0.6 is 0 Å². The molecule has 0 saturated heterocycles. The number of nitriles is 1. The van der Waals surface area contributed by atoms with E-state index < -0.39 is 12.6 Å². The zero-order valence-corrected chi connectivity index (χ0v) is 17.7. The minimum atomic E-state index is -4.13. The van der Waals surface area contributed by atoms with Crippen LogP contribution in [0, 0.1) is 18.3 Å². The summed E-state index contributed by atoms with van der Waals surface area (Å²) >= 11 is 0. The van der Waals surface area contributed by atoms with Gasteiger partial charge >= 0.3 is 6.18 Å². The van der Waals surface area contributed by atoms with Gasteiger partial charge in [-0.1, -0.05) is 18.2 Å². The van der Waals surface area contributed by atoms with Crippen LogP contribution in [0.1, 0.15) is 28.7 Å². The van der Waals surface area contributed by atoms with Gasteiger partial charge in [0.1, 0.15) is 6.07 Å². The lowest BCUT2D eigenvalue weighted by Crippen LogP contribution is -2.33. The summed E-state index contributed by atoms with van der Waals surface area (Å²) < 4.78 is 37.7. The fourth-order valence-electron chi connectivity index (χ4n) is 4.01. The molecule has 1 N–H and O–H groups in total. The molecule has 0 saturated carbocycles. The fourth-order valence-corrected chi connectivity index (χ4v) is 4.01. The number of pyridine rings is 1. The molecular weight excluding hydrogens is 413 g/mol. The average Bonchev–Trinajstić information content (AvgIpc) is 2.78. The lowest BCUT2D eigenvalue weighted by Gasteiger charge is -2.30. The molecule has 2 aromatic carbocycles. The number of hydrogen-bond acceptors (Lipinski definition) is 4. The van der Waals surface area contributed by atoms with E-state index in [4.69, 9.17) is 5.26 Å². The topological polar surface area (TPSA) is 52.0 Å². The molecule has 3 aromatic rings. The first-order valence-electron chi connectivity index (χ1n) is 10.5. The highest BCUT2D eigenvalue weighted by molar-refractivity contribution is 5.73. The fraction of sp³-hybridized carbons (Fsp3) is 0.280. The molecule has 164 valence electrons. The van der Waals surface area contributed by atoms with Crippen LogP contribution in [-0.4, -0.2) is 29.1 Å². The molecule has 0 aliphatic carbocycles. The van der Waals surface area contributed by atoms with Crippen molar-refractivity contribution in [2.45, 2.75) is 32.5 Å². The first kappa shape index (κ1) is 21.8. The SMILES string of the molecule is Cc1ccc(Nc2cccc3c2CCN(CCC(F)(F)F)C3)cc1-c1ccc(C#N)cn1. The van der Waals surface area contributed by atoms with Crippen molar-refractivity contribution in [3.63, 3.8) is 0 Å². The number of fused-ring (bicyclic) bond motifs is 1. The molecular formula is C25H23F3N4. The summed E-state index contributed by atoms with van der Waals surface area (Å²) in [7, 11) is 0. The van der Waals surface area contributed by atoms with E-state index in [-0.39, 0.29) is 6.54 Å². The molecule has 1 aliphatic rings. The van der Waals surface area contributed by atoms with E-state index >= 15 is 0 Å². The molecule has 4 rings (SSSR count). The van der Waals surface area contributed by atoms with E-state index in [1.807, 2.05) is 54.3 Å². The predicted octanol–water partition coefficient (Wildman–Crippen LogP) is 5.98. The maximum atomic E-state index is 12.6. The first-order valence-corrected chi connectivity index (χ1v) is 10.5. The van der Waals surface area contributed by atoms with Gasteiger partial charge < -0.3 is 5.32 Å². The van der Waals surface area contributed by atoms with Crippen molar-refractivity contribution >= 4 is 11.4 Å². The maximum absolute atomic E-state index is 12.6. The second kappa shape index (κ2) is 9.01. The van der Waals surface area contributed by atoms with Crippen LogP contribution in [0.15, 0.2) is 54.7 Å². The monoisotopic (exact) mass is 436 g/mol. The number of nitrogens with one attached hydrogen (secondary N) is 1. The van der Waals surface area contributed by atoms with Gasteiger partial charge in [0, 0.05) is 42.8 Å². The molecule has 7 heteroatoms. The second-order valence-electron chi connectivity index (χ2n) is 8.03. The van der Waals surface area contributed by atoms with Crippen LogP contribution in [-0.2, 0) is 13.0 Å².